The summed E-state index contributed by atoms with van der Waals surface area (Å²) < 4.78 is 1.95. The van der Waals surface area contributed by atoms with Crippen LogP contribution in [0.3, 0.4) is 0 Å². The summed E-state index contributed by atoms with van der Waals surface area (Å²) in [5, 5.41) is 14.0. The maximum Gasteiger partial charge on any atom is 0.321 e. The average Bonchev–Trinajstić information content (AvgIpc) is 3.11. The minimum atomic E-state index is -0.475. The van der Waals surface area contributed by atoms with E-state index >= 15 is 0 Å². The van der Waals surface area contributed by atoms with Gasteiger partial charge < -0.3 is 9.88 Å². The van der Waals surface area contributed by atoms with Crippen molar-refractivity contribution >= 4 is 23.7 Å². The van der Waals surface area contributed by atoms with Gasteiger partial charge in [-0.2, -0.15) is 0 Å². The lowest BCUT2D eigenvalue weighted by Gasteiger charge is -2.23. The summed E-state index contributed by atoms with van der Waals surface area (Å²) in [5.74, 6) is 0.393. The lowest BCUT2D eigenvalue weighted by atomic mass is 9.96. The number of urea groups is 1. The van der Waals surface area contributed by atoms with Crippen LogP contribution in [0.25, 0.3) is 11.4 Å². The molecule has 3 amide bonds. The fraction of sp³-hybridized carbons (Fsp3) is 0.526. The first kappa shape index (κ1) is 20.3. The molecule has 2 aromatic rings. The Bertz CT molecular complexity index is 804. The van der Waals surface area contributed by atoms with Crippen molar-refractivity contribution in [2.24, 2.45) is 0 Å². The van der Waals surface area contributed by atoms with Crippen molar-refractivity contribution in [3.63, 3.8) is 0 Å². The van der Waals surface area contributed by atoms with Crippen molar-refractivity contribution in [3.8, 4) is 11.4 Å². The summed E-state index contributed by atoms with van der Waals surface area (Å²) in [6.07, 6.45) is 8.82. The van der Waals surface area contributed by atoms with Gasteiger partial charge in [-0.15, -0.1) is 10.2 Å². The van der Waals surface area contributed by atoms with Gasteiger partial charge in [-0.1, -0.05) is 31.0 Å². The molecule has 0 bridgehead atoms. The molecule has 0 saturated heterocycles. The molecule has 9 heteroatoms. The Balaban J connectivity index is 1.59. The minimum absolute atomic E-state index is 0.163. The Labute approximate surface area is 168 Å². The third kappa shape index (κ3) is 5.09. The van der Waals surface area contributed by atoms with Crippen LogP contribution in [0, 0.1) is 0 Å². The van der Waals surface area contributed by atoms with Gasteiger partial charge in [-0.05, 0) is 38.8 Å². The van der Waals surface area contributed by atoms with Crippen molar-refractivity contribution in [2.75, 3.05) is 0 Å². The highest BCUT2D eigenvalue weighted by atomic mass is 32.2. The lowest BCUT2D eigenvalue weighted by Crippen LogP contribution is -2.47. The Morgan fingerprint density at radius 1 is 1.21 bits per heavy atom. The Morgan fingerprint density at radius 3 is 2.61 bits per heavy atom. The predicted molar refractivity (Wildman–Crippen MR) is 108 cm³/mol. The number of carbonyl (C=O) groups excluding carboxylic acids is 2. The number of hydrogen-bond donors (Lipinski definition) is 2. The van der Waals surface area contributed by atoms with E-state index in [4.69, 9.17) is 0 Å². The molecule has 0 aliphatic heterocycles. The van der Waals surface area contributed by atoms with Crippen LogP contribution in [0.4, 0.5) is 4.79 Å². The van der Waals surface area contributed by atoms with Crippen LogP contribution in [-0.4, -0.2) is 43.0 Å². The number of thioether (sulfide) groups is 1. The maximum atomic E-state index is 12.4. The molecule has 1 fully saturated rings. The van der Waals surface area contributed by atoms with E-state index in [1.54, 1.807) is 19.3 Å². The molecule has 1 saturated carbocycles. The Kier molecular flexibility index (Phi) is 7.02. The van der Waals surface area contributed by atoms with E-state index in [1.165, 1.54) is 18.2 Å². The number of imide groups is 1. The average molecular weight is 403 g/mol. The first-order valence-electron chi connectivity index (χ1n) is 9.70. The second-order valence-electron chi connectivity index (χ2n) is 6.84. The van der Waals surface area contributed by atoms with Crippen LogP contribution < -0.4 is 10.6 Å². The monoisotopic (exact) mass is 402 g/mol. The predicted octanol–water partition coefficient (Wildman–Crippen LogP) is 3.00. The number of aromatic nitrogens is 4. The first-order chi connectivity index (χ1) is 13.6. The number of carbonyl (C=O) groups is 2. The SMILES string of the molecule is CCn1c(SC(C)C(=O)NC(=O)NC2CCCCC2)nnc1-c1ccncc1. The summed E-state index contributed by atoms with van der Waals surface area (Å²) in [7, 11) is 0. The number of pyridine rings is 1. The van der Waals surface area contributed by atoms with E-state index in [2.05, 4.69) is 25.8 Å². The molecule has 0 radical (unpaired) electrons. The van der Waals surface area contributed by atoms with Crippen LogP contribution in [0.1, 0.15) is 46.0 Å². The largest absolute Gasteiger partial charge is 0.335 e. The molecule has 2 aromatic heterocycles. The highest BCUT2D eigenvalue weighted by Gasteiger charge is 2.23. The van der Waals surface area contributed by atoms with Gasteiger partial charge >= 0.3 is 6.03 Å². The second-order valence-corrected chi connectivity index (χ2v) is 8.15. The van der Waals surface area contributed by atoms with Crippen molar-refractivity contribution < 1.29 is 9.59 Å². The van der Waals surface area contributed by atoms with Crippen LogP contribution >= 0.6 is 11.8 Å². The van der Waals surface area contributed by atoms with E-state index in [0.717, 1.165) is 37.1 Å². The molecule has 2 N–H and O–H groups in total. The molecule has 0 aromatic carbocycles. The molecule has 8 nitrogen and oxygen atoms in total. The molecular weight excluding hydrogens is 376 g/mol. The molecule has 1 aliphatic carbocycles. The smallest absolute Gasteiger partial charge is 0.321 e. The van der Waals surface area contributed by atoms with Crippen LogP contribution in [0.2, 0.25) is 0 Å². The van der Waals surface area contributed by atoms with Crippen LogP contribution in [0.5, 0.6) is 0 Å². The highest BCUT2D eigenvalue weighted by molar-refractivity contribution is 8.00. The fourth-order valence-electron chi connectivity index (χ4n) is 3.27. The topological polar surface area (TPSA) is 102 Å². The summed E-state index contributed by atoms with van der Waals surface area (Å²) in [4.78, 5) is 28.5. The van der Waals surface area contributed by atoms with E-state index < -0.39 is 11.3 Å². The van der Waals surface area contributed by atoms with Gasteiger partial charge in [0.25, 0.3) is 0 Å². The summed E-state index contributed by atoms with van der Waals surface area (Å²) in [5.41, 5.74) is 0.917. The summed E-state index contributed by atoms with van der Waals surface area (Å²) in [6, 6.07) is 3.49. The summed E-state index contributed by atoms with van der Waals surface area (Å²) >= 11 is 1.29. The van der Waals surface area contributed by atoms with E-state index in [-0.39, 0.29) is 11.9 Å². The Hall–Kier alpha value is -2.42. The highest BCUT2D eigenvalue weighted by Crippen LogP contribution is 2.26. The number of nitrogens with one attached hydrogen (secondary N) is 2. The zero-order chi connectivity index (χ0) is 19.9. The molecule has 150 valence electrons. The second kappa shape index (κ2) is 9.68. The standard InChI is InChI=1S/C19H26N6O2S/c1-3-25-16(14-9-11-20-12-10-14)23-24-19(25)28-13(2)17(26)22-18(27)21-15-7-5-4-6-8-15/h9-13,15H,3-8H2,1-2H3,(H2,21,22,26,27). The van der Waals surface area contributed by atoms with Gasteiger partial charge in [0.05, 0.1) is 5.25 Å². The number of nitrogens with zero attached hydrogens (tertiary/aromatic N) is 4. The maximum absolute atomic E-state index is 12.4. The zero-order valence-corrected chi connectivity index (χ0v) is 17.0. The molecule has 2 heterocycles. The van der Waals surface area contributed by atoms with Gasteiger partial charge in [-0.3, -0.25) is 15.1 Å². The first-order valence-corrected chi connectivity index (χ1v) is 10.6. The van der Waals surface area contributed by atoms with Gasteiger partial charge in [0, 0.05) is 30.5 Å². The molecule has 1 unspecified atom stereocenters. The van der Waals surface area contributed by atoms with Gasteiger partial charge in [0.1, 0.15) is 0 Å². The zero-order valence-electron chi connectivity index (χ0n) is 16.2. The van der Waals surface area contributed by atoms with Gasteiger partial charge in [0.15, 0.2) is 11.0 Å². The van der Waals surface area contributed by atoms with E-state index in [9.17, 15) is 9.59 Å². The fourth-order valence-corrected chi connectivity index (χ4v) is 4.18. The van der Waals surface area contributed by atoms with Gasteiger partial charge in [-0.25, -0.2) is 4.79 Å². The third-order valence-corrected chi connectivity index (χ3v) is 5.88. The third-order valence-electron chi connectivity index (χ3n) is 4.80. The Morgan fingerprint density at radius 2 is 1.93 bits per heavy atom. The lowest BCUT2D eigenvalue weighted by molar-refractivity contribution is -0.119. The molecule has 0 spiro atoms. The van der Waals surface area contributed by atoms with Crippen molar-refractivity contribution in [1.82, 2.24) is 30.4 Å². The molecule has 28 heavy (non-hydrogen) atoms. The minimum Gasteiger partial charge on any atom is -0.335 e. The van der Waals surface area contributed by atoms with Crippen LogP contribution in [-0.2, 0) is 11.3 Å². The van der Waals surface area contributed by atoms with Crippen molar-refractivity contribution in [2.45, 2.75) is 68.9 Å². The number of hydrogen-bond acceptors (Lipinski definition) is 6. The molecular formula is C19H26N6O2S. The summed E-state index contributed by atoms with van der Waals surface area (Å²) in [6.45, 7) is 4.43. The van der Waals surface area contributed by atoms with Crippen LogP contribution in [0.15, 0.2) is 29.7 Å². The molecule has 1 atom stereocenters. The van der Waals surface area contributed by atoms with Crippen molar-refractivity contribution in [3.05, 3.63) is 24.5 Å². The number of amides is 3. The molecule has 3 rings (SSSR count). The van der Waals surface area contributed by atoms with Crippen molar-refractivity contribution in [1.29, 1.82) is 0 Å². The van der Waals surface area contributed by atoms with Gasteiger partial charge in [0.2, 0.25) is 5.91 Å². The van der Waals surface area contributed by atoms with E-state index in [0.29, 0.717) is 11.7 Å². The molecule has 1 aliphatic rings. The number of rotatable bonds is 6. The van der Waals surface area contributed by atoms with E-state index in [1.807, 2.05) is 23.6 Å². The normalized spacial score (nSPS) is 15.8. The quantitative estimate of drug-likeness (QED) is 0.720.